The number of methoxy groups -OCH3 is 2. The van der Waals surface area contributed by atoms with Crippen molar-refractivity contribution in [2.75, 3.05) is 19.5 Å². The molecule has 1 N–H and O–H groups in total. The molecule has 0 heterocycles. The van der Waals surface area contributed by atoms with Gasteiger partial charge in [-0.15, -0.1) is 0 Å². The average molecular weight is 497 g/mol. The van der Waals surface area contributed by atoms with Crippen LogP contribution < -0.4 is 19.5 Å². The molecule has 0 aliphatic carbocycles. The third-order valence-electron chi connectivity index (χ3n) is 4.57. The van der Waals surface area contributed by atoms with Crippen molar-refractivity contribution in [1.82, 2.24) is 0 Å². The Morgan fingerprint density at radius 3 is 2.32 bits per heavy atom. The summed E-state index contributed by atoms with van der Waals surface area (Å²) in [6, 6.07) is 17.5. The van der Waals surface area contributed by atoms with Gasteiger partial charge in [0, 0.05) is 5.02 Å². The minimum absolute atomic E-state index is 0.118. The molecule has 0 aromatic heterocycles. The third-order valence-corrected chi connectivity index (χ3v) is 5.13. The Balaban J connectivity index is 1.85. The molecule has 0 atom stereocenters. The van der Waals surface area contributed by atoms with E-state index in [1.165, 1.54) is 38.5 Å². The highest BCUT2D eigenvalue weighted by molar-refractivity contribution is 6.36. The Hall–Kier alpha value is -3.99. The van der Waals surface area contributed by atoms with Crippen LogP contribution in [0, 0.1) is 11.3 Å². The molecule has 34 heavy (non-hydrogen) atoms. The standard InChI is InChI=1S/C25H18Cl2N2O5/c1-32-19-7-4-16(5-8-19)25(31)34-23-12-15(3-10-22(23)33-2)11-17(14-28)24(30)29-21-13-18(26)6-9-20(21)27/h3-13H,1-2H3,(H,29,30)/b17-11+. The number of nitrogens with zero attached hydrogens (tertiary/aromatic N) is 1. The average Bonchev–Trinajstić information content (AvgIpc) is 2.84. The first-order valence-electron chi connectivity index (χ1n) is 9.77. The zero-order chi connectivity index (χ0) is 24.7. The Labute approximate surface area is 206 Å². The second-order valence-electron chi connectivity index (χ2n) is 6.78. The number of amides is 1. The molecule has 0 spiro atoms. The number of nitrogens with one attached hydrogen (secondary N) is 1. The predicted octanol–water partition coefficient (Wildman–Crippen LogP) is 5.78. The van der Waals surface area contributed by atoms with Crippen molar-refractivity contribution in [2.45, 2.75) is 0 Å². The van der Waals surface area contributed by atoms with Gasteiger partial charge in [0.05, 0.1) is 30.5 Å². The summed E-state index contributed by atoms with van der Waals surface area (Å²) >= 11 is 12.0. The van der Waals surface area contributed by atoms with Crippen LogP contribution in [0.1, 0.15) is 15.9 Å². The molecule has 0 radical (unpaired) electrons. The van der Waals surface area contributed by atoms with Crippen LogP contribution in [0.5, 0.6) is 17.2 Å². The molecule has 0 bridgehead atoms. The quantitative estimate of drug-likeness (QED) is 0.193. The summed E-state index contributed by atoms with van der Waals surface area (Å²) in [5, 5.41) is 12.7. The second kappa shape index (κ2) is 11.2. The van der Waals surface area contributed by atoms with Gasteiger partial charge in [-0.2, -0.15) is 5.26 Å². The van der Waals surface area contributed by atoms with E-state index in [-0.39, 0.29) is 22.0 Å². The summed E-state index contributed by atoms with van der Waals surface area (Å²) in [5.74, 6) is -0.279. The van der Waals surface area contributed by atoms with E-state index in [4.69, 9.17) is 37.4 Å². The van der Waals surface area contributed by atoms with E-state index in [1.54, 1.807) is 42.5 Å². The van der Waals surface area contributed by atoms with Gasteiger partial charge in [-0.05, 0) is 66.2 Å². The van der Waals surface area contributed by atoms with Gasteiger partial charge >= 0.3 is 5.97 Å². The number of ether oxygens (including phenoxy) is 3. The zero-order valence-corrected chi connectivity index (χ0v) is 19.6. The molecule has 0 saturated heterocycles. The molecule has 3 aromatic rings. The molecular formula is C25H18Cl2N2O5. The van der Waals surface area contributed by atoms with E-state index in [0.29, 0.717) is 27.6 Å². The van der Waals surface area contributed by atoms with Crippen molar-refractivity contribution < 1.29 is 23.8 Å². The molecule has 0 aliphatic heterocycles. The number of hydrogen-bond acceptors (Lipinski definition) is 6. The summed E-state index contributed by atoms with van der Waals surface area (Å²) in [5.41, 5.74) is 0.805. The Morgan fingerprint density at radius 2 is 1.68 bits per heavy atom. The van der Waals surface area contributed by atoms with Gasteiger partial charge in [0.1, 0.15) is 17.4 Å². The molecular weight excluding hydrogens is 479 g/mol. The summed E-state index contributed by atoms with van der Waals surface area (Å²) < 4.78 is 15.8. The number of anilines is 1. The number of carbonyl (C=O) groups is 2. The number of rotatable bonds is 7. The lowest BCUT2D eigenvalue weighted by Crippen LogP contribution is -2.13. The van der Waals surface area contributed by atoms with Crippen molar-refractivity contribution >= 4 is 46.8 Å². The van der Waals surface area contributed by atoms with E-state index < -0.39 is 11.9 Å². The van der Waals surface area contributed by atoms with Crippen molar-refractivity contribution in [2.24, 2.45) is 0 Å². The topological polar surface area (TPSA) is 97.7 Å². The minimum atomic E-state index is -0.681. The molecule has 9 heteroatoms. The fraction of sp³-hybridized carbons (Fsp3) is 0.0800. The maximum atomic E-state index is 12.6. The van der Waals surface area contributed by atoms with Crippen molar-refractivity contribution in [3.63, 3.8) is 0 Å². The Kier molecular flexibility index (Phi) is 8.14. The summed E-state index contributed by atoms with van der Waals surface area (Å²) in [7, 11) is 2.95. The monoisotopic (exact) mass is 496 g/mol. The van der Waals surface area contributed by atoms with Gasteiger partial charge in [-0.25, -0.2) is 4.79 Å². The fourth-order valence-electron chi connectivity index (χ4n) is 2.85. The van der Waals surface area contributed by atoms with Crippen molar-refractivity contribution in [1.29, 1.82) is 5.26 Å². The number of benzene rings is 3. The van der Waals surface area contributed by atoms with E-state index in [9.17, 15) is 14.9 Å². The van der Waals surface area contributed by atoms with Crippen molar-refractivity contribution in [3.8, 4) is 23.3 Å². The fourth-order valence-corrected chi connectivity index (χ4v) is 3.18. The van der Waals surface area contributed by atoms with Crippen LogP contribution in [-0.4, -0.2) is 26.1 Å². The van der Waals surface area contributed by atoms with Gasteiger partial charge in [-0.3, -0.25) is 4.79 Å². The van der Waals surface area contributed by atoms with Crippen LogP contribution in [0.3, 0.4) is 0 Å². The number of halogens is 2. The molecule has 3 aromatic carbocycles. The molecule has 7 nitrogen and oxygen atoms in total. The van der Waals surface area contributed by atoms with Gasteiger partial charge < -0.3 is 19.5 Å². The van der Waals surface area contributed by atoms with Crippen molar-refractivity contribution in [3.05, 3.63) is 87.4 Å². The van der Waals surface area contributed by atoms with E-state index >= 15 is 0 Å². The molecule has 0 saturated carbocycles. The highest BCUT2D eigenvalue weighted by Gasteiger charge is 2.15. The van der Waals surface area contributed by atoms with E-state index in [2.05, 4.69) is 5.32 Å². The molecule has 0 unspecified atom stereocenters. The van der Waals surface area contributed by atoms with Gasteiger partial charge in [0.2, 0.25) is 0 Å². The van der Waals surface area contributed by atoms with Gasteiger partial charge in [0.15, 0.2) is 11.5 Å². The van der Waals surface area contributed by atoms with E-state index in [0.717, 1.165) is 0 Å². The first kappa shape index (κ1) is 24.6. The van der Waals surface area contributed by atoms with Crippen LogP contribution in [0.25, 0.3) is 6.08 Å². The summed E-state index contributed by atoms with van der Waals surface area (Å²) in [4.78, 5) is 25.2. The van der Waals surface area contributed by atoms with E-state index in [1.807, 2.05) is 6.07 Å². The first-order chi connectivity index (χ1) is 16.3. The number of nitriles is 1. The van der Waals surface area contributed by atoms with Crippen LogP contribution in [0.4, 0.5) is 5.69 Å². The molecule has 1 amide bonds. The summed E-state index contributed by atoms with van der Waals surface area (Å²) in [6.07, 6.45) is 1.35. The zero-order valence-electron chi connectivity index (χ0n) is 18.1. The van der Waals surface area contributed by atoms with Gasteiger partial charge in [-0.1, -0.05) is 29.3 Å². The third kappa shape index (κ3) is 6.07. The van der Waals surface area contributed by atoms with Crippen LogP contribution in [0.15, 0.2) is 66.2 Å². The molecule has 172 valence electrons. The summed E-state index contributed by atoms with van der Waals surface area (Å²) in [6.45, 7) is 0. The first-order valence-corrected chi connectivity index (χ1v) is 10.5. The lowest BCUT2D eigenvalue weighted by molar-refractivity contribution is -0.112. The molecule has 0 fully saturated rings. The minimum Gasteiger partial charge on any atom is -0.497 e. The normalized spacial score (nSPS) is 10.7. The van der Waals surface area contributed by atoms with Crippen LogP contribution in [-0.2, 0) is 4.79 Å². The number of esters is 1. The Morgan fingerprint density at radius 1 is 0.941 bits per heavy atom. The van der Waals surface area contributed by atoms with Crippen LogP contribution >= 0.6 is 23.2 Å². The second-order valence-corrected chi connectivity index (χ2v) is 7.62. The molecule has 3 rings (SSSR count). The Bertz CT molecular complexity index is 1300. The lowest BCUT2D eigenvalue weighted by atomic mass is 10.1. The lowest BCUT2D eigenvalue weighted by Gasteiger charge is -2.11. The van der Waals surface area contributed by atoms with Crippen LogP contribution in [0.2, 0.25) is 10.0 Å². The highest BCUT2D eigenvalue weighted by Crippen LogP contribution is 2.30. The van der Waals surface area contributed by atoms with Gasteiger partial charge in [0.25, 0.3) is 5.91 Å². The molecule has 0 aliphatic rings. The largest absolute Gasteiger partial charge is 0.497 e. The SMILES string of the molecule is COc1ccc(C(=O)Oc2cc(/C=C(\C#N)C(=O)Nc3cc(Cl)ccc3Cl)ccc2OC)cc1. The number of hydrogen-bond donors (Lipinski definition) is 1. The number of carbonyl (C=O) groups excluding carboxylic acids is 2. The maximum Gasteiger partial charge on any atom is 0.343 e. The maximum absolute atomic E-state index is 12.6. The highest BCUT2D eigenvalue weighted by atomic mass is 35.5. The predicted molar refractivity (Wildman–Crippen MR) is 130 cm³/mol. The smallest absolute Gasteiger partial charge is 0.343 e.